The summed E-state index contributed by atoms with van der Waals surface area (Å²) in [4.78, 5) is 24.6. The summed E-state index contributed by atoms with van der Waals surface area (Å²) in [6.07, 6.45) is 0.266. The number of hydrogen-bond acceptors (Lipinski definition) is 11. The summed E-state index contributed by atoms with van der Waals surface area (Å²) in [5.74, 6) is -0.117. The van der Waals surface area contributed by atoms with E-state index in [1.165, 1.54) is 19.6 Å². The van der Waals surface area contributed by atoms with Crippen LogP contribution in [0.15, 0.2) is 43.0 Å². The Morgan fingerprint density at radius 2 is 2.03 bits per heavy atom. The summed E-state index contributed by atoms with van der Waals surface area (Å²) in [5.41, 5.74) is 6.72. The van der Waals surface area contributed by atoms with Crippen LogP contribution in [0, 0.1) is 0 Å². The van der Waals surface area contributed by atoms with E-state index in [2.05, 4.69) is 20.0 Å². The number of carbonyl (C=O) groups excluding carboxylic acids is 1. The molecule has 3 aromatic rings. The molecule has 13 nitrogen and oxygen atoms in total. The van der Waals surface area contributed by atoms with Gasteiger partial charge in [0, 0.05) is 6.42 Å². The minimum absolute atomic E-state index is 0.206. The first-order chi connectivity index (χ1) is 17.1. The summed E-state index contributed by atoms with van der Waals surface area (Å²) in [5, 5.41) is 13.2. The number of carbonyl (C=O) groups is 1. The predicted molar refractivity (Wildman–Crippen MR) is 129 cm³/mol. The van der Waals surface area contributed by atoms with E-state index in [1.807, 2.05) is 0 Å². The average Bonchev–Trinajstić information content (AvgIpc) is 3.42. The van der Waals surface area contributed by atoms with Gasteiger partial charge in [0.2, 0.25) is 0 Å². The Morgan fingerprint density at radius 1 is 1.28 bits per heavy atom. The first-order valence-electron chi connectivity index (χ1n) is 11.4. The number of rotatable bonds is 10. The molecule has 1 aliphatic heterocycles. The van der Waals surface area contributed by atoms with E-state index in [9.17, 15) is 14.5 Å². The maximum Gasteiger partial charge on any atom is 0.459 e. The van der Waals surface area contributed by atoms with E-state index in [1.54, 1.807) is 48.7 Å². The van der Waals surface area contributed by atoms with Gasteiger partial charge >= 0.3 is 13.7 Å². The van der Waals surface area contributed by atoms with Gasteiger partial charge in [-0.25, -0.2) is 19.5 Å². The van der Waals surface area contributed by atoms with Crippen molar-refractivity contribution >= 4 is 30.7 Å². The lowest BCUT2D eigenvalue weighted by Crippen LogP contribution is -2.37. The second-order valence-corrected chi connectivity index (χ2v) is 10.2. The summed E-state index contributed by atoms with van der Waals surface area (Å²) in [6, 6.07) is 7.39. The van der Waals surface area contributed by atoms with Crippen LogP contribution >= 0.6 is 7.75 Å². The van der Waals surface area contributed by atoms with Crippen LogP contribution in [0.1, 0.15) is 33.4 Å². The van der Waals surface area contributed by atoms with Crippen molar-refractivity contribution in [3.8, 4) is 5.75 Å². The predicted octanol–water partition coefficient (Wildman–Crippen LogP) is 2.19. The van der Waals surface area contributed by atoms with Crippen LogP contribution in [-0.4, -0.2) is 61.6 Å². The third kappa shape index (κ3) is 6.00. The van der Waals surface area contributed by atoms with Crippen molar-refractivity contribution in [2.75, 3.05) is 12.3 Å². The standard InChI is InChI=1S/C22H29N6O7P/c1-13(2)33-22(30)14(3)27-36(31,35-15-7-5-4-6-8-15)32-10-17-16(29)9-18(34-17)28-12-26-19-20(23)24-11-25-21(19)28/h4-8,11-14,16-18,29H,9-10H2,1-3H3,(H,27,31)(H2,23,24,25)/t14-,16+,17+,18+,36?/m0/s1. The third-order valence-corrected chi connectivity index (χ3v) is 6.98. The molecule has 4 rings (SSSR count). The minimum Gasteiger partial charge on any atom is -0.462 e. The molecule has 2 aromatic heterocycles. The number of nitrogens with one attached hydrogen (secondary N) is 1. The molecule has 1 aromatic carbocycles. The van der Waals surface area contributed by atoms with Crippen molar-refractivity contribution in [1.29, 1.82) is 0 Å². The number of aliphatic hydroxyl groups excluding tert-OH is 1. The number of nitrogens with zero attached hydrogens (tertiary/aromatic N) is 4. The van der Waals surface area contributed by atoms with Gasteiger partial charge in [-0.15, -0.1) is 0 Å². The average molecular weight is 520 g/mol. The van der Waals surface area contributed by atoms with Crippen LogP contribution in [0.3, 0.4) is 0 Å². The molecule has 0 spiro atoms. The van der Waals surface area contributed by atoms with Crippen LogP contribution in [0.4, 0.5) is 5.82 Å². The monoisotopic (exact) mass is 520 g/mol. The Balaban J connectivity index is 1.46. The van der Waals surface area contributed by atoms with Crippen molar-refractivity contribution in [2.24, 2.45) is 0 Å². The number of anilines is 1. The van der Waals surface area contributed by atoms with Gasteiger partial charge in [-0.1, -0.05) is 18.2 Å². The van der Waals surface area contributed by atoms with Gasteiger partial charge in [-0.2, -0.15) is 5.09 Å². The highest BCUT2D eigenvalue weighted by Crippen LogP contribution is 2.46. The smallest absolute Gasteiger partial charge is 0.459 e. The number of hydrogen-bond donors (Lipinski definition) is 3. The molecule has 0 aliphatic carbocycles. The maximum atomic E-state index is 13.6. The van der Waals surface area contributed by atoms with Crippen LogP contribution in [0.5, 0.6) is 5.75 Å². The van der Waals surface area contributed by atoms with E-state index < -0.39 is 38.2 Å². The second-order valence-electron chi connectivity index (χ2n) is 8.55. The molecule has 5 atom stereocenters. The summed E-state index contributed by atoms with van der Waals surface area (Å²) < 4.78 is 37.7. The minimum atomic E-state index is -4.10. The highest BCUT2D eigenvalue weighted by Gasteiger charge is 2.39. The van der Waals surface area contributed by atoms with Crippen molar-refractivity contribution in [2.45, 2.75) is 57.8 Å². The molecule has 36 heavy (non-hydrogen) atoms. The SMILES string of the molecule is CC(C)OC(=O)[C@H](C)NP(=O)(OC[C@H]1O[C@@H](n2cnc3c(N)ncnc32)C[C@H]1O)Oc1ccccc1. The first-order valence-corrected chi connectivity index (χ1v) is 12.9. The van der Waals surface area contributed by atoms with Crippen LogP contribution in [-0.2, 0) is 23.4 Å². The summed E-state index contributed by atoms with van der Waals surface area (Å²) in [7, 11) is -4.10. The highest BCUT2D eigenvalue weighted by atomic mass is 31.2. The Hall–Kier alpha value is -3.09. The van der Waals surface area contributed by atoms with Gasteiger partial charge in [-0.05, 0) is 32.9 Å². The Kier molecular flexibility index (Phi) is 7.86. The van der Waals surface area contributed by atoms with E-state index in [-0.39, 0.29) is 30.7 Å². The zero-order valence-corrected chi connectivity index (χ0v) is 20.9. The maximum absolute atomic E-state index is 13.6. The normalized spacial score (nSPS) is 22.4. The lowest BCUT2D eigenvalue weighted by Gasteiger charge is -2.25. The molecule has 0 radical (unpaired) electrons. The number of benzene rings is 1. The van der Waals surface area contributed by atoms with E-state index in [4.69, 9.17) is 24.3 Å². The number of para-hydroxylation sites is 1. The molecule has 1 fully saturated rings. The number of fused-ring (bicyclic) bond motifs is 1. The van der Waals surface area contributed by atoms with Crippen molar-refractivity contribution in [3.05, 3.63) is 43.0 Å². The quantitative estimate of drug-likeness (QED) is 0.263. The van der Waals surface area contributed by atoms with Gasteiger partial charge in [0.1, 0.15) is 36.0 Å². The number of ether oxygens (including phenoxy) is 2. The van der Waals surface area contributed by atoms with Crippen molar-refractivity contribution in [1.82, 2.24) is 24.6 Å². The largest absolute Gasteiger partial charge is 0.462 e. The molecule has 0 saturated carbocycles. The lowest BCUT2D eigenvalue weighted by molar-refractivity contribution is -0.149. The fourth-order valence-corrected chi connectivity index (χ4v) is 5.12. The van der Waals surface area contributed by atoms with Gasteiger partial charge < -0.3 is 24.8 Å². The van der Waals surface area contributed by atoms with Crippen molar-refractivity contribution < 1.29 is 33.0 Å². The fraction of sp³-hybridized carbons (Fsp3) is 0.455. The lowest BCUT2D eigenvalue weighted by atomic mass is 10.2. The number of imidazole rings is 1. The van der Waals surface area contributed by atoms with E-state index in [0.29, 0.717) is 11.2 Å². The first kappa shape index (κ1) is 26.0. The van der Waals surface area contributed by atoms with Gasteiger partial charge in [0.05, 0.1) is 25.1 Å². The Labute approximate surface area is 207 Å². The molecule has 1 saturated heterocycles. The number of nitrogens with two attached hydrogens (primary N) is 1. The molecule has 14 heteroatoms. The van der Waals surface area contributed by atoms with Crippen LogP contribution in [0.2, 0.25) is 0 Å². The van der Waals surface area contributed by atoms with E-state index in [0.717, 1.165) is 0 Å². The van der Waals surface area contributed by atoms with E-state index >= 15 is 0 Å². The van der Waals surface area contributed by atoms with Crippen molar-refractivity contribution in [3.63, 3.8) is 0 Å². The molecule has 4 N–H and O–H groups in total. The fourth-order valence-electron chi connectivity index (χ4n) is 3.62. The molecule has 194 valence electrons. The third-order valence-electron chi connectivity index (χ3n) is 5.34. The number of nitrogen functional groups attached to an aromatic ring is 1. The van der Waals surface area contributed by atoms with Crippen LogP contribution in [0.25, 0.3) is 11.2 Å². The summed E-state index contributed by atoms with van der Waals surface area (Å²) in [6.45, 7) is 4.62. The number of esters is 1. The molecule has 1 unspecified atom stereocenters. The van der Waals surface area contributed by atoms with Gasteiger partial charge in [0.15, 0.2) is 11.5 Å². The summed E-state index contributed by atoms with van der Waals surface area (Å²) >= 11 is 0. The Morgan fingerprint density at radius 3 is 2.75 bits per heavy atom. The molecular formula is C22H29N6O7P. The second kappa shape index (κ2) is 10.9. The van der Waals surface area contributed by atoms with Gasteiger partial charge in [0.25, 0.3) is 0 Å². The van der Waals surface area contributed by atoms with Crippen LogP contribution < -0.4 is 15.3 Å². The Bertz CT molecular complexity index is 1240. The molecule has 0 amide bonds. The highest BCUT2D eigenvalue weighted by molar-refractivity contribution is 7.52. The topological polar surface area (TPSA) is 173 Å². The zero-order chi connectivity index (χ0) is 25.9. The zero-order valence-electron chi connectivity index (χ0n) is 20.1. The molecule has 0 bridgehead atoms. The number of aliphatic hydroxyl groups is 1. The molecule has 1 aliphatic rings. The molecular weight excluding hydrogens is 491 g/mol. The van der Waals surface area contributed by atoms with Gasteiger partial charge in [-0.3, -0.25) is 13.9 Å². The number of aromatic nitrogens is 4. The molecule has 3 heterocycles.